The molecule has 0 radical (unpaired) electrons. The Balaban J connectivity index is 1.97. The van der Waals surface area contributed by atoms with Crippen LogP contribution in [0.1, 0.15) is 29.7 Å². The second-order valence-corrected chi connectivity index (χ2v) is 8.00. The number of methoxy groups -OCH3 is 1. The van der Waals surface area contributed by atoms with Crippen molar-refractivity contribution < 1.29 is 9.53 Å². The molecule has 0 spiro atoms. The van der Waals surface area contributed by atoms with Gasteiger partial charge in [0.2, 0.25) is 0 Å². The minimum absolute atomic E-state index is 0.413. The molecular weight excluding hydrogens is 408 g/mol. The van der Waals surface area contributed by atoms with Gasteiger partial charge in [-0.05, 0) is 56.8 Å². The average molecular weight is 433 g/mol. The second-order valence-electron chi connectivity index (χ2n) is 7.59. The molecule has 4 rings (SSSR count). The van der Waals surface area contributed by atoms with Crippen LogP contribution in [0, 0.1) is 13.8 Å². The normalized spacial score (nSPS) is 16.0. The quantitative estimate of drug-likeness (QED) is 0.478. The molecule has 6 nitrogen and oxygen atoms in total. The molecule has 2 N–H and O–H groups in total. The molecule has 0 saturated carbocycles. The van der Waals surface area contributed by atoms with Gasteiger partial charge in [0.15, 0.2) is 5.11 Å². The Morgan fingerprint density at radius 1 is 1.13 bits per heavy atom. The zero-order chi connectivity index (χ0) is 22.1. The maximum Gasteiger partial charge on any atom is 0.337 e. The van der Waals surface area contributed by atoms with Gasteiger partial charge in [-0.25, -0.2) is 9.48 Å². The highest BCUT2D eigenvalue weighted by Crippen LogP contribution is 2.36. The molecule has 1 aromatic heterocycles. The van der Waals surface area contributed by atoms with E-state index in [0.29, 0.717) is 16.4 Å². The number of thiocarbonyl (C=S) groups is 1. The number of nitrogens with zero attached hydrogens (tertiary/aromatic N) is 2. The lowest BCUT2D eigenvalue weighted by molar-refractivity contribution is -0.136. The molecule has 0 fully saturated rings. The second kappa shape index (κ2) is 8.35. The number of allylic oxidation sites excluding steroid dienone is 1. The molecule has 0 amide bonds. The summed E-state index contributed by atoms with van der Waals surface area (Å²) < 4.78 is 6.92. The van der Waals surface area contributed by atoms with E-state index in [4.69, 9.17) is 22.1 Å². The monoisotopic (exact) mass is 432 g/mol. The number of esters is 1. The van der Waals surface area contributed by atoms with Crippen molar-refractivity contribution in [2.45, 2.75) is 26.8 Å². The Labute approximate surface area is 186 Å². The number of hydrogen-bond acceptors (Lipinski definition) is 4. The first-order chi connectivity index (χ1) is 14.9. The van der Waals surface area contributed by atoms with Crippen molar-refractivity contribution in [3.05, 3.63) is 82.7 Å². The number of carbonyl (C=O) groups is 1. The molecule has 0 bridgehead atoms. The van der Waals surface area contributed by atoms with Crippen LogP contribution in [0.3, 0.4) is 0 Å². The first-order valence-electron chi connectivity index (χ1n) is 9.98. The van der Waals surface area contributed by atoms with Gasteiger partial charge in [0, 0.05) is 23.0 Å². The highest BCUT2D eigenvalue weighted by atomic mass is 32.1. The van der Waals surface area contributed by atoms with Crippen LogP contribution in [0.2, 0.25) is 0 Å². The zero-order valence-electron chi connectivity index (χ0n) is 17.9. The summed E-state index contributed by atoms with van der Waals surface area (Å²) in [4.78, 5) is 12.7. The average Bonchev–Trinajstić information content (AvgIpc) is 3.20. The molecule has 1 atom stereocenters. The van der Waals surface area contributed by atoms with Gasteiger partial charge in [0.1, 0.15) is 0 Å². The fourth-order valence-electron chi connectivity index (χ4n) is 3.82. The molecule has 2 heterocycles. The first-order valence-corrected chi connectivity index (χ1v) is 10.4. The summed E-state index contributed by atoms with van der Waals surface area (Å²) in [5.74, 6) is -0.413. The van der Waals surface area contributed by atoms with Crippen molar-refractivity contribution in [3.63, 3.8) is 0 Å². The van der Waals surface area contributed by atoms with Gasteiger partial charge in [0.05, 0.1) is 30.1 Å². The van der Waals surface area contributed by atoms with Crippen molar-refractivity contribution in [2.24, 2.45) is 0 Å². The molecule has 2 aromatic carbocycles. The third kappa shape index (κ3) is 3.96. The van der Waals surface area contributed by atoms with Gasteiger partial charge in [0.25, 0.3) is 0 Å². The van der Waals surface area contributed by atoms with Crippen molar-refractivity contribution in [1.29, 1.82) is 0 Å². The van der Waals surface area contributed by atoms with Gasteiger partial charge in [-0.1, -0.05) is 35.9 Å². The van der Waals surface area contributed by atoms with Crippen molar-refractivity contribution >= 4 is 23.3 Å². The van der Waals surface area contributed by atoms with Gasteiger partial charge in [-0.15, -0.1) is 0 Å². The van der Waals surface area contributed by atoms with Gasteiger partial charge in [-0.3, -0.25) is 0 Å². The van der Waals surface area contributed by atoms with E-state index in [2.05, 4.69) is 42.7 Å². The molecule has 158 valence electrons. The predicted octanol–water partition coefficient (Wildman–Crippen LogP) is 4.12. The third-order valence-corrected chi connectivity index (χ3v) is 5.62. The summed E-state index contributed by atoms with van der Waals surface area (Å²) >= 11 is 5.41. The maximum absolute atomic E-state index is 12.7. The minimum Gasteiger partial charge on any atom is -0.466 e. The molecule has 7 heteroatoms. The molecule has 0 saturated heterocycles. The van der Waals surface area contributed by atoms with Crippen LogP contribution in [0.25, 0.3) is 16.9 Å². The molecule has 1 aliphatic heterocycles. The summed E-state index contributed by atoms with van der Waals surface area (Å²) in [7, 11) is 1.38. The Kier molecular flexibility index (Phi) is 5.61. The van der Waals surface area contributed by atoms with Crippen LogP contribution in [-0.4, -0.2) is 28.0 Å². The predicted molar refractivity (Wildman–Crippen MR) is 125 cm³/mol. The molecule has 1 aliphatic rings. The molecule has 0 unspecified atom stereocenters. The number of nitrogens with one attached hydrogen (secondary N) is 2. The largest absolute Gasteiger partial charge is 0.466 e. The van der Waals surface area contributed by atoms with E-state index in [0.717, 1.165) is 33.6 Å². The van der Waals surface area contributed by atoms with Crippen LogP contribution < -0.4 is 10.6 Å². The van der Waals surface area contributed by atoms with Gasteiger partial charge < -0.3 is 15.4 Å². The smallest absolute Gasteiger partial charge is 0.337 e. The van der Waals surface area contributed by atoms with Crippen LogP contribution in [0.5, 0.6) is 0 Å². The third-order valence-electron chi connectivity index (χ3n) is 5.40. The molecule has 31 heavy (non-hydrogen) atoms. The summed E-state index contributed by atoms with van der Waals surface area (Å²) in [6.07, 6.45) is 1.95. The van der Waals surface area contributed by atoms with Crippen LogP contribution in [0.4, 0.5) is 0 Å². The number of aryl methyl sites for hydroxylation is 2. The summed E-state index contributed by atoms with van der Waals surface area (Å²) in [5.41, 5.74) is 6.96. The number of hydrogen-bond donors (Lipinski definition) is 2. The summed E-state index contributed by atoms with van der Waals surface area (Å²) in [5, 5.41) is 11.7. The van der Waals surface area contributed by atoms with E-state index in [-0.39, 0.29) is 0 Å². The molecular formula is C24H24N4O2S. The van der Waals surface area contributed by atoms with E-state index in [1.54, 1.807) is 0 Å². The Bertz CT molecular complexity index is 1200. The van der Waals surface area contributed by atoms with E-state index >= 15 is 0 Å². The van der Waals surface area contributed by atoms with Gasteiger partial charge >= 0.3 is 5.97 Å². The number of benzene rings is 2. The fraction of sp³-hybridized carbons (Fsp3) is 0.208. The number of ether oxygens (including phenoxy) is 1. The lowest BCUT2D eigenvalue weighted by Gasteiger charge is -2.29. The Morgan fingerprint density at radius 2 is 1.87 bits per heavy atom. The highest BCUT2D eigenvalue weighted by molar-refractivity contribution is 7.80. The van der Waals surface area contributed by atoms with Crippen molar-refractivity contribution in [1.82, 2.24) is 20.4 Å². The highest BCUT2D eigenvalue weighted by Gasteiger charge is 2.34. The SMILES string of the molecule is COC(=O)C1=C(C)NC(=S)N[C@@H]1c1cn(-c2ccccc2)nc1-c1cc(C)ccc1C. The van der Waals surface area contributed by atoms with Crippen LogP contribution in [0.15, 0.2) is 66.0 Å². The fourth-order valence-corrected chi connectivity index (χ4v) is 4.09. The number of aromatic nitrogens is 2. The van der Waals surface area contributed by atoms with Crippen LogP contribution in [-0.2, 0) is 9.53 Å². The Hall–Kier alpha value is -3.45. The van der Waals surface area contributed by atoms with E-state index in [1.807, 2.05) is 48.1 Å². The number of carbonyl (C=O) groups excluding carboxylic acids is 1. The summed E-state index contributed by atoms with van der Waals surface area (Å²) in [6.45, 7) is 5.94. The zero-order valence-corrected chi connectivity index (χ0v) is 18.7. The Morgan fingerprint density at radius 3 is 2.58 bits per heavy atom. The minimum atomic E-state index is -0.492. The van der Waals surface area contributed by atoms with Crippen LogP contribution >= 0.6 is 12.2 Å². The van der Waals surface area contributed by atoms with E-state index in [9.17, 15) is 4.79 Å². The van der Waals surface area contributed by atoms with E-state index < -0.39 is 12.0 Å². The maximum atomic E-state index is 12.7. The lowest BCUT2D eigenvalue weighted by Crippen LogP contribution is -2.45. The van der Waals surface area contributed by atoms with Crippen molar-refractivity contribution in [2.75, 3.05) is 7.11 Å². The van der Waals surface area contributed by atoms with Crippen molar-refractivity contribution in [3.8, 4) is 16.9 Å². The summed E-state index contributed by atoms with van der Waals surface area (Å²) in [6, 6.07) is 15.7. The van der Waals surface area contributed by atoms with E-state index in [1.165, 1.54) is 7.11 Å². The first kappa shape index (κ1) is 20.8. The number of rotatable bonds is 4. The standard InChI is InChI=1S/C24H24N4O2S/c1-14-10-11-15(2)18(12-14)21-19(13-28(27-21)17-8-6-5-7-9-17)22-20(23(29)30-4)16(3)25-24(31)26-22/h5-13,22H,1-4H3,(H2,25,26,31)/t22-/m1/s1. The topological polar surface area (TPSA) is 68.2 Å². The number of para-hydroxylation sites is 1. The van der Waals surface area contributed by atoms with Gasteiger partial charge in [-0.2, -0.15) is 5.10 Å². The molecule has 3 aromatic rings. The lowest BCUT2D eigenvalue weighted by atomic mass is 9.92. The molecule has 0 aliphatic carbocycles.